The molecule has 0 spiro atoms. The minimum absolute atomic E-state index is 0.105. The summed E-state index contributed by atoms with van der Waals surface area (Å²) in [5.74, 6) is 0.958. The summed E-state index contributed by atoms with van der Waals surface area (Å²) in [6.07, 6.45) is 6.63. The summed E-state index contributed by atoms with van der Waals surface area (Å²) < 4.78 is 2.38. The first-order valence-corrected chi connectivity index (χ1v) is 11.0. The zero-order valence-electron chi connectivity index (χ0n) is 17.9. The Balaban J connectivity index is 0.00000106. The van der Waals surface area contributed by atoms with E-state index in [1.54, 1.807) is 0 Å². The number of pyridine rings is 1. The third-order valence-corrected chi connectivity index (χ3v) is 5.74. The van der Waals surface area contributed by atoms with Crippen LogP contribution in [0.1, 0.15) is 44.1 Å². The van der Waals surface area contributed by atoms with Gasteiger partial charge in [-0.1, -0.05) is 44.2 Å². The Kier molecular flexibility index (Phi) is 6.45. The van der Waals surface area contributed by atoms with Crippen molar-refractivity contribution in [3.63, 3.8) is 0 Å². The monoisotopic (exact) mass is 405 g/mol. The van der Waals surface area contributed by atoms with E-state index in [9.17, 15) is 5.11 Å². The molecule has 1 fully saturated rings. The Morgan fingerprint density at radius 3 is 2.80 bits per heavy atom. The van der Waals surface area contributed by atoms with Crippen molar-refractivity contribution in [2.75, 3.05) is 19.7 Å². The smallest absolute Gasteiger partial charge is 0.139 e. The summed E-state index contributed by atoms with van der Waals surface area (Å²) in [6, 6.07) is 13.1. The van der Waals surface area contributed by atoms with Gasteiger partial charge in [0.1, 0.15) is 17.0 Å². The number of fused-ring (bicyclic) bond motifs is 3. The number of piperidine rings is 1. The number of likely N-dealkylation sites (tertiary alicyclic amines) is 1. The highest BCUT2D eigenvalue weighted by Crippen LogP contribution is 2.32. The van der Waals surface area contributed by atoms with Crippen molar-refractivity contribution < 1.29 is 5.11 Å². The number of imidazole rings is 1. The van der Waals surface area contributed by atoms with Crippen LogP contribution in [0.5, 0.6) is 0 Å². The van der Waals surface area contributed by atoms with E-state index < -0.39 is 0 Å². The molecular formula is C24H31N5O. The van der Waals surface area contributed by atoms with Gasteiger partial charge in [-0.15, -0.1) is 0 Å². The highest BCUT2D eigenvalue weighted by molar-refractivity contribution is 6.01. The van der Waals surface area contributed by atoms with Crippen molar-refractivity contribution in [2.24, 2.45) is 0 Å². The molecule has 6 nitrogen and oxygen atoms in total. The van der Waals surface area contributed by atoms with Crippen molar-refractivity contribution in [3.05, 3.63) is 60.2 Å². The summed E-state index contributed by atoms with van der Waals surface area (Å²) in [5.41, 5.74) is 4.30. The first kappa shape index (κ1) is 20.6. The van der Waals surface area contributed by atoms with Crippen molar-refractivity contribution >= 4 is 22.1 Å². The van der Waals surface area contributed by atoms with Crippen LogP contribution < -0.4 is 0 Å². The van der Waals surface area contributed by atoms with Crippen molar-refractivity contribution in [3.8, 4) is 0 Å². The fourth-order valence-corrected chi connectivity index (χ4v) is 4.54. The number of aliphatic hydroxyl groups excluding tert-OH is 1. The zero-order chi connectivity index (χ0) is 20.9. The molecule has 1 aliphatic heterocycles. The third-order valence-electron chi connectivity index (χ3n) is 5.74. The number of nitrogens with zero attached hydrogens (tertiary/aromatic N) is 4. The van der Waals surface area contributed by atoms with Crippen LogP contribution in [0.25, 0.3) is 22.1 Å². The molecule has 0 aliphatic carbocycles. The Hall–Kier alpha value is -2.70. The number of rotatable bonds is 5. The summed E-state index contributed by atoms with van der Waals surface area (Å²) in [6.45, 7) is 7.19. The topological polar surface area (TPSA) is 70.0 Å². The SMILES string of the molecule is CC.OCCc1nc2cnc3[nH]ccc3c2n1[C@@H]1CCCN(Cc2ccccc2)C1. The Bertz CT molecular complexity index is 1090. The molecule has 0 bridgehead atoms. The van der Waals surface area contributed by atoms with Crippen molar-refractivity contribution in [1.82, 2.24) is 24.4 Å². The number of aliphatic hydroxyl groups is 1. The van der Waals surface area contributed by atoms with Crippen molar-refractivity contribution in [1.29, 1.82) is 0 Å². The second-order valence-corrected chi connectivity index (χ2v) is 7.62. The van der Waals surface area contributed by atoms with E-state index in [1.165, 1.54) is 5.56 Å². The summed E-state index contributed by atoms with van der Waals surface area (Å²) in [7, 11) is 0. The van der Waals surface area contributed by atoms with Crippen molar-refractivity contribution in [2.45, 2.75) is 45.7 Å². The molecule has 30 heavy (non-hydrogen) atoms. The quantitative estimate of drug-likeness (QED) is 0.519. The molecule has 0 saturated carbocycles. The number of benzene rings is 1. The van der Waals surface area contributed by atoms with Crippen LogP contribution in [0.3, 0.4) is 0 Å². The molecule has 2 N–H and O–H groups in total. The lowest BCUT2D eigenvalue weighted by Crippen LogP contribution is -2.36. The predicted molar refractivity (Wildman–Crippen MR) is 122 cm³/mol. The lowest BCUT2D eigenvalue weighted by Gasteiger charge is -2.34. The summed E-state index contributed by atoms with van der Waals surface area (Å²) >= 11 is 0. The number of nitrogens with one attached hydrogen (secondary N) is 1. The average molecular weight is 406 g/mol. The van der Waals surface area contributed by atoms with Gasteiger partial charge in [0.25, 0.3) is 0 Å². The zero-order valence-corrected chi connectivity index (χ0v) is 17.9. The van der Waals surface area contributed by atoms with Gasteiger partial charge in [-0.3, -0.25) is 4.90 Å². The van der Waals surface area contributed by atoms with E-state index in [0.29, 0.717) is 12.5 Å². The molecular weight excluding hydrogens is 374 g/mol. The molecule has 4 heterocycles. The minimum Gasteiger partial charge on any atom is -0.396 e. The first-order valence-electron chi connectivity index (χ1n) is 11.0. The van der Waals surface area contributed by atoms with Crippen LogP contribution in [-0.2, 0) is 13.0 Å². The number of aromatic nitrogens is 4. The van der Waals surface area contributed by atoms with Gasteiger partial charge in [0.05, 0.1) is 18.3 Å². The van der Waals surface area contributed by atoms with Gasteiger partial charge in [0, 0.05) is 37.1 Å². The molecule has 6 heteroatoms. The fourth-order valence-electron chi connectivity index (χ4n) is 4.54. The molecule has 0 unspecified atom stereocenters. The normalized spacial score (nSPS) is 17.2. The lowest BCUT2D eigenvalue weighted by atomic mass is 10.0. The molecule has 1 saturated heterocycles. The maximum Gasteiger partial charge on any atom is 0.139 e. The third kappa shape index (κ3) is 3.98. The van der Waals surface area contributed by atoms with Gasteiger partial charge < -0.3 is 14.7 Å². The minimum atomic E-state index is 0.105. The average Bonchev–Trinajstić information content (AvgIpc) is 3.40. The summed E-state index contributed by atoms with van der Waals surface area (Å²) in [4.78, 5) is 15.1. The van der Waals surface area contributed by atoms with Crippen LogP contribution in [0.4, 0.5) is 0 Å². The molecule has 1 aliphatic rings. The van der Waals surface area contributed by atoms with E-state index in [2.05, 4.69) is 55.8 Å². The standard InChI is InChI=1S/C22H25N5O.C2H6/c28-12-9-20-25-19-13-24-22-18(8-10-23-22)21(19)27(20)17-7-4-11-26(15-17)14-16-5-2-1-3-6-16;1-2/h1-3,5-6,8,10,13,17,28H,4,7,9,11-12,14-15H2,(H,23,24);1-2H3/t17-;/m1./s1. The Morgan fingerprint density at radius 1 is 1.17 bits per heavy atom. The molecule has 1 aromatic carbocycles. The predicted octanol–water partition coefficient (Wildman–Crippen LogP) is 4.31. The maximum absolute atomic E-state index is 9.60. The second-order valence-electron chi connectivity index (χ2n) is 7.62. The number of hydrogen-bond acceptors (Lipinski definition) is 4. The molecule has 4 aromatic rings. The van der Waals surface area contributed by atoms with Gasteiger partial charge in [-0.2, -0.15) is 0 Å². The van der Waals surface area contributed by atoms with E-state index in [4.69, 9.17) is 4.98 Å². The molecule has 0 amide bonds. The van der Waals surface area contributed by atoms with Gasteiger partial charge in [-0.05, 0) is 31.0 Å². The molecule has 0 radical (unpaired) electrons. The summed E-state index contributed by atoms with van der Waals surface area (Å²) in [5, 5.41) is 10.7. The Morgan fingerprint density at radius 2 is 2.00 bits per heavy atom. The van der Waals surface area contributed by atoms with Gasteiger partial charge >= 0.3 is 0 Å². The van der Waals surface area contributed by atoms with Crippen LogP contribution >= 0.6 is 0 Å². The van der Waals surface area contributed by atoms with Gasteiger partial charge in [0.2, 0.25) is 0 Å². The number of aromatic amines is 1. The maximum atomic E-state index is 9.60. The van der Waals surface area contributed by atoms with Crippen LogP contribution in [0.15, 0.2) is 48.8 Å². The molecule has 158 valence electrons. The molecule has 3 aromatic heterocycles. The van der Waals surface area contributed by atoms with Gasteiger partial charge in [-0.25, -0.2) is 9.97 Å². The van der Waals surface area contributed by atoms with Crippen LogP contribution in [0, 0.1) is 0 Å². The molecule has 5 rings (SSSR count). The first-order chi connectivity index (χ1) is 14.8. The van der Waals surface area contributed by atoms with E-state index in [1.807, 2.05) is 26.2 Å². The lowest BCUT2D eigenvalue weighted by molar-refractivity contribution is 0.169. The largest absolute Gasteiger partial charge is 0.396 e. The van der Waals surface area contributed by atoms with E-state index in [-0.39, 0.29) is 6.61 Å². The van der Waals surface area contributed by atoms with E-state index in [0.717, 1.165) is 60.4 Å². The van der Waals surface area contributed by atoms with Crippen LogP contribution in [0.2, 0.25) is 0 Å². The second kappa shape index (κ2) is 9.41. The fraction of sp³-hybridized carbons (Fsp3) is 0.417. The highest BCUT2D eigenvalue weighted by Gasteiger charge is 2.26. The highest BCUT2D eigenvalue weighted by atomic mass is 16.3. The van der Waals surface area contributed by atoms with E-state index >= 15 is 0 Å². The number of hydrogen-bond donors (Lipinski definition) is 2. The van der Waals surface area contributed by atoms with Gasteiger partial charge in [0.15, 0.2) is 0 Å². The number of H-pyrrole nitrogens is 1. The molecule has 1 atom stereocenters. The Labute approximate surface area is 177 Å². The van der Waals surface area contributed by atoms with Crippen LogP contribution in [-0.4, -0.2) is 49.2 Å².